The zero-order valence-corrected chi connectivity index (χ0v) is 12.2. The van der Waals surface area contributed by atoms with E-state index in [-0.39, 0.29) is 22.2 Å². The molecule has 1 amide bonds. The number of halogens is 1. The number of carbonyl (C=O) groups is 1. The topological polar surface area (TPSA) is 75.5 Å². The van der Waals surface area contributed by atoms with E-state index in [0.29, 0.717) is 25.2 Å². The second-order valence-electron chi connectivity index (χ2n) is 5.60. The molecule has 2 aliphatic rings. The van der Waals surface area contributed by atoms with Crippen LogP contribution in [-0.4, -0.2) is 40.9 Å². The molecule has 2 unspecified atom stereocenters. The lowest BCUT2D eigenvalue weighted by molar-refractivity contribution is -0.385. The summed E-state index contributed by atoms with van der Waals surface area (Å²) >= 11 is 5.79. The molecular formula is C14H16ClN3O3. The largest absolute Gasteiger partial charge is 0.337 e. The number of nitrogens with one attached hydrogen (secondary N) is 1. The molecular weight excluding hydrogens is 294 g/mol. The van der Waals surface area contributed by atoms with Crippen LogP contribution < -0.4 is 5.32 Å². The Hall–Kier alpha value is -1.66. The minimum atomic E-state index is -0.554. The van der Waals surface area contributed by atoms with E-state index in [1.54, 1.807) is 4.90 Å². The Morgan fingerprint density at radius 2 is 2.10 bits per heavy atom. The van der Waals surface area contributed by atoms with Crippen LogP contribution in [0.4, 0.5) is 5.69 Å². The van der Waals surface area contributed by atoms with Gasteiger partial charge < -0.3 is 10.2 Å². The van der Waals surface area contributed by atoms with Gasteiger partial charge in [-0.2, -0.15) is 0 Å². The summed E-state index contributed by atoms with van der Waals surface area (Å²) in [5.74, 6) is -0.285. The average Bonchev–Trinajstić information content (AvgIpc) is 2.77. The number of rotatable bonds is 2. The van der Waals surface area contributed by atoms with E-state index >= 15 is 0 Å². The van der Waals surface area contributed by atoms with E-state index in [4.69, 9.17) is 11.6 Å². The summed E-state index contributed by atoms with van der Waals surface area (Å²) in [6.07, 6.45) is 3.09. The highest BCUT2D eigenvalue weighted by molar-refractivity contribution is 6.31. The number of hydrogen-bond acceptors (Lipinski definition) is 4. The normalized spacial score (nSPS) is 24.7. The molecule has 2 atom stereocenters. The highest BCUT2D eigenvalue weighted by atomic mass is 35.5. The third-order valence-corrected chi connectivity index (χ3v) is 4.43. The Morgan fingerprint density at radius 1 is 1.33 bits per heavy atom. The molecule has 2 aliphatic heterocycles. The predicted octanol–water partition coefficient (Wildman–Crippen LogP) is 2.21. The monoisotopic (exact) mass is 309 g/mol. The number of likely N-dealkylation sites (tertiary alicyclic amines) is 1. The zero-order valence-electron chi connectivity index (χ0n) is 11.4. The number of nitro groups is 1. The Morgan fingerprint density at radius 3 is 2.86 bits per heavy atom. The quantitative estimate of drug-likeness (QED) is 0.671. The zero-order chi connectivity index (χ0) is 15.0. The molecule has 1 aromatic rings. The molecule has 0 spiro atoms. The number of amides is 1. The van der Waals surface area contributed by atoms with Gasteiger partial charge in [0.1, 0.15) is 5.56 Å². The second-order valence-corrected chi connectivity index (χ2v) is 6.03. The van der Waals surface area contributed by atoms with Gasteiger partial charge in [0.05, 0.1) is 4.92 Å². The number of nitrogens with zero attached hydrogens (tertiary/aromatic N) is 2. The lowest BCUT2D eigenvalue weighted by Crippen LogP contribution is -2.39. The summed E-state index contributed by atoms with van der Waals surface area (Å²) in [6, 6.07) is 4.96. The first kappa shape index (κ1) is 14.3. The number of nitro benzene ring substituents is 1. The van der Waals surface area contributed by atoms with Crippen molar-refractivity contribution in [2.45, 2.75) is 31.3 Å². The first-order chi connectivity index (χ1) is 10.0. The maximum atomic E-state index is 12.6. The summed E-state index contributed by atoms with van der Waals surface area (Å²) < 4.78 is 0. The maximum Gasteiger partial charge on any atom is 0.283 e. The number of fused-ring (bicyclic) bond motifs is 2. The van der Waals surface area contributed by atoms with E-state index in [1.807, 2.05) is 0 Å². The van der Waals surface area contributed by atoms with E-state index < -0.39 is 4.92 Å². The summed E-state index contributed by atoms with van der Waals surface area (Å²) in [7, 11) is 0. The summed E-state index contributed by atoms with van der Waals surface area (Å²) in [4.78, 5) is 24.9. The Labute approximate surface area is 127 Å². The van der Waals surface area contributed by atoms with Gasteiger partial charge in [0.25, 0.3) is 11.6 Å². The maximum absolute atomic E-state index is 12.6. The van der Waals surface area contributed by atoms with Crippen LogP contribution in [0.25, 0.3) is 0 Å². The molecule has 1 N–H and O–H groups in total. The molecule has 2 heterocycles. The average molecular weight is 310 g/mol. The van der Waals surface area contributed by atoms with Crippen molar-refractivity contribution in [1.29, 1.82) is 0 Å². The molecule has 6 nitrogen and oxygen atoms in total. The fraction of sp³-hybridized carbons (Fsp3) is 0.500. The van der Waals surface area contributed by atoms with Gasteiger partial charge in [0, 0.05) is 36.3 Å². The molecule has 1 aromatic carbocycles. The molecule has 2 saturated heterocycles. The smallest absolute Gasteiger partial charge is 0.283 e. The fourth-order valence-electron chi connectivity index (χ4n) is 3.13. The molecule has 0 aliphatic carbocycles. The SMILES string of the molecule is O=C(c1ccc(Cl)cc1[N+](=O)[O-])N1CCC2CCC(C1)N2. The third-order valence-electron chi connectivity index (χ3n) is 4.20. The second kappa shape index (κ2) is 5.61. The number of benzene rings is 1. The first-order valence-corrected chi connectivity index (χ1v) is 7.41. The molecule has 112 valence electrons. The van der Waals surface area contributed by atoms with Crippen molar-refractivity contribution in [2.24, 2.45) is 0 Å². The number of carbonyl (C=O) groups excluding carboxylic acids is 1. The van der Waals surface area contributed by atoms with Gasteiger partial charge in [-0.05, 0) is 31.4 Å². The van der Waals surface area contributed by atoms with Gasteiger partial charge in [0.2, 0.25) is 0 Å². The van der Waals surface area contributed by atoms with E-state index in [1.165, 1.54) is 18.2 Å². The van der Waals surface area contributed by atoms with Crippen molar-refractivity contribution >= 4 is 23.2 Å². The molecule has 0 saturated carbocycles. The van der Waals surface area contributed by atoms with E-state index in [9.17, 15) is 14.9 Å². The van der Waals surface area contributed by atoms with Crippen LogP contribution in [0, 0.1) is 10.1 Å². The minimum absolute atomic E-state index is 0.113. The molecule has 7 heteroatoms. The van der Waals surface area contributed by atoms with Gasteiger partial charge in [-0.1, -0.05) is 11.6 Å². The van der Waals surface area contributed by atoms with Crippen molar-refractivity contribution in [1.82, 2.24) is 10.2 Å². The Bertz CT molecular complexity index is 593. The molecule has 21 heavy (non-hydrogen) atoms. The van der Waals surface area contributed by atoms with Crippen molar-refractivity contribution < 1.29 is 9.72 Å². The van der Waals surface area contributed by atoms with Gasteiger partial charge in [0.15, 0.2) is 0 Å². The predicted molar refractivity (Wildman–Crippen MR) is 78.6 cm³/mol. The summed E-state index contributed by atoms with van der Waals surface area (Å²) in [5.41, 5.74) is -0.114. The summed E-state index contributed by atoms with van der Waals surface area (Å²) in [5, 5.41) is 14.9. The summed E-state index contributed by atoms with van der Waals surface area (Å²) in [6.45, 7) is 1.24. The van der Waals surface area contributed by atoms with Gasteiger partial charge in [-0.25, -0.2) is 0 Å². The van der Waals surface area contributed by atoms with Gasteiger partial charge in [-0.15, -0.1) is 0 Å². The van der Waals surface area contributed by atoms with Crippen molar-refractivity contribution in [3.8, 4) is 0 Å². The molecule has 3 rings (SSSR count). The van der Waals surface area contributed by atoms with E-state index in [0.717, 1.165) is 19.3 Å². The Kier molecular flexibility index (Phi) is 3.82. The van der Waals surface area contributed by atoms with Crippen LogP contribution in [0.15, 0.2) is 18.2 Å². The van der Waals surface area contributed by atoms with E-state index in [2.05, 4.69) is 5.32 Å². The standard InChI is InChI=1S/C14H16ClN3O3/c15-9-1-4-12(13(7-9)18(20)21)14(19)17-6-5-10-2-3-11(8-17)16-10/h1,4,7,10-11,16H,2-3,5-6,8H2. The van der Waals surface area contributed by atoms with Crippen LogP contribution in [0.3, 0.4) is 0 Å². The van der Waals surface area contributed by atoms with Crippen LogP contribution in [-0.2, 0) is 0 Å². The van der Waals surface area contributed by atoms with Crippen molar-refractivity contribution in [3.05, 3.63) is 38.9 Å². The van der Waals surface area contributed by atoms with Crippen molar-refractivity contribution in [3.63, 3.8) is 0 Å². The van der Waals surface area contributed by atoms with Crippen LogP contribution in [0.2, 0.25) is 5.02 Å². The lowest BCUT2D eigenvalue weighted by atomic mass is 10.1. The molecule has 0 radical (unpaired) electrons. The molecule has 2 bridgehead atoms. The van der Waals surface area contributed by atoms with Crippen LogP contribution in [0.1, 0.15) is 29.6 Å². The van der Waals surface area contributed by atoms with Gasteiger partial charge >= 0.3 is 0 Å². The first-order valence-electron chi connectivity index (χ1n) is 7.04. The number of hydrogen-bond donors (Lipinski definition) is 1. The van der Waals surface area contributed by atoms with Crippen molar-refractivity contribution in [2.75, 3.05) is 13.1 Å². The third kappa shape index (κ3) is 2.87. The highest BCUT2D eigenvalue weighted by Gasteiger charge is 2.33. The van der Waals surface area contributed by atoms with Crippen LogP contribution in [0.5, 0.6) is 0 Å². The lowest BCUT2D eigenvalue weighted by Gasteiger charge is -2.24. The fourth-order valence-corrected chi connectivity index (χ4v) is 3.30. The van der Waals surface area contributed by atoms with Crippen LogP contribution >= 0.6 is 11.6 Å². The Balaban J connectivity index is 1.86. The molecule has 0 aromatic heterocycles. The van der Waals surface area contributed by atoms with Gasteiger partial charge in [-0.3, -0.25) is 14.9 Å². The molecule has 2 fully saturated rings. The minimum Gasteiger partial charge on any atom is -0.337 e. The highest BCUT2D eigenvalue weighted by Crippen LogP contribution is 2.27.